The zero-order valence-electron chi connectivity index (χ0n) is 44.6. The minimum atomic E-state index is 0.537. The van der Waals surface area contributed by atoms with Crippen LogP contribution in [0, 0.1) is 0 Å². The molecular formula is C75H46N8. The third-order valence-corrected chi connectivity index (χ3v) is 17.1. The SMILES string of the molecule is c1ccc(-c2nc(-c3ccccc3)nc(-n3c4ccc(-n5c6ccccc6c6ccc7c8ccccc8n(-c8ccccc8)c7c65)cc4c4cc(-n5c6ccccc6c6ccc7c8ccccc8n(-c8ccccc8)c7c65)ccc43)n2)cc1. The van der Waals surface area contributed by atoms with Gasteiger partial charge in [-0.25, -0.2) is 4.98 Å². The van der Waals surface area contributed by atoms with Gasteiger partial charge in [0.25, 0.3) is 0 Å². The highest BCUT2D eigenvalue weighted by molar-refractivity contribution is 6.26. The van der Waals surface area contributed by atoms with E-state index in [9.17, 15) is 0 Å². The third-order valence-electron chi connectivity index (χ3n) is 17.1. The van der Waals surface area contributed by atoms with Gasteiger partial charge < -0.3 is 18.3 Å². The van der Waals surface area contributed by atoms with E-state index in [1.165, 1.54) is 43.1 Å². The molecule has 0 aliphatic heterocycles. The fourth-order valence-electron chi connectivity index (χ4n) is 13.6. The molecule has 0 radical (unpaired) electrons. The van der Waals surface area contributed by atoms with E-state index in [0.29, 0.717) is 17.6 Å². The van der Waals surface area contributed by atoms with E-state index in [0.717, 1.165) is 99.8 Å². The summed E-state index contributed by atoms with van der Waals surface area (Å²) in [6.07, 6.45) is 0. The third kappa shape index (κ3) is 6.60. The summed E-state index contributed by atoms with van der Waals surface area (Å²) in [5.74, 6) is 1.74. The van der Waals surface area contributed by atoms with Crippen LogP contribution < -0.4 is 0 Å². The Hall–Kier alpha value is -11.4. The number of fused-ring (bicyclic) bond motifs is 17. The molecule has 0 spiro atoms. The maximum Gasteiger partial charge on any atom is 0.238 e. The minimum absolute atomic E-state index is 0.537. The Morgan fingerprint density at radius 1 is 0.193 bits per heavy atom. The van der Waals surface area contributed by atoms with Gasteiger partial charge in [-0.2, -0.15) is 9.97 Å². The van der Waals surface area contributed by atoms with E-state index in [1.54, 1.807) is 0 Å². The van der Waals surface area contributed by atoms with Crippen LogP contribution in [0.15, 0.2) is 279 Å². The molecule has 0 bridgehead atoms. The van der Waals surface area contributed by atoms with Crippen molar-refractivity contribution >= 4 is 109 Å². The first kappa shape index (κ1) is 45.5. The van der Waals surface area contributed by atoms with Crippen LogP contribution in [-0.4, -0.2) is 37.8 Å². The molecule has 0 saturated heterocycles. The molecule has 386 valence electrons. The summed E-state index contributed by atoms with van der Waals surface area (Å²) in [6, 6.07) is 101. The van der Waals surface area contributed by atoms with Crippen LogP contribution in [0.2, 0.25) is 0 Å². The van der Waals surface area contributed by atoms with Gasteiger partial charge in [-0.1, -0.05) is 194 Å². The largest absolute Gasteiger partial charge is 0.307 e. The molecule has 6 aromatic heterocycles. The van der Waals surface area contributed by atoms with Crippen molar-refractivity contribution in [2.24, 2.45) is 0 Å². The molecule has 18 rings (SSSR count). The van der Waals surface area contributed by atoms with Crippen LogP contribution in [0.5, 0.6) is 0 Å². The Balaban J connectivity index is 0.974. The topological polar surface area (TPSA) is 63.3 Å². The van der Waals surface area contributed by atoms with Gasteiger partial charge in [0, 0.05) is 87.7 Å². The molecule has 0 unspecified atom stereocenters. The summed E-state index contributed by atoms with van der Waals surface area (Å²) in [4.78, 5) is 15.9. The summed E-state index contributed by atoms with van der Waals surface area (Å²) >= 11 is 0. The standard InChI is InChI=1S/C75H46N8/c1-5-21-47(22-6-1)73-76-74(48-23-7-2-8-24-48)78-75(77-73)83-67-43-37-51(81-65-35-19-15-31-55(65)59-41-39-57-53-29-13-17-33-63(53)79(69(57)71(59)81)49-25-9-3-10-26-49)45-61(67)62-46-52(38-44-68(62)83)82-66-36-20-16-32-56(66)60-42-40-58-54-30-14-18-34-64(54)80(70(58)72(60)82)50-27-11-4-12-28-50/h1-46H. The number of hydrogen-bond donors (Lipinski definition) is 0. The number of benzene rings is 12. The summed E-state index contributed by atoms with van der Waals surface area (Å²) in [5.41, 5.74) is 17.3. The van der Waals surface area contributed by atoms with Gasteiger partial charge >= 0.3 is 0 Å². The van der Waals surface area contributed by atoms with Gasteiger partial charge in [0.05, 0.1) is 55.2 Å². The lowest BCUT2D eigenvalue weighted by molar-refractivity contribution is 0.953. The highest BCUT2D eigenvalue weighted by Gasteiger charge is 2.26. The van der Waals surface area contributed by atoms with Crippen molar-refractivity contribution in [3.63, 3.8) is 0 Å². The average Bonchev–Trinajstić information content (AvgIpc) is 3.45. The van der Waals surface area contributed by atoms with Crippen molar-refractivity contribution in [2.75, 3.05) is 0 Å². The smallest absolute Gasteiger partial charge is 0.238 e. The molecule has 0 aliphatic rings. The molecule has 0 atom stereocenters. The normalized spacial score (nSPS) is 12.1. The molecule has 0 saturated carbocycles. The molecule has 83 heavy (non-hydrogen) atoms. The maximum absolute atomic E-state index is 5.39. The minimum Gasteiger partial charge on any atom is -0.307 e. The predicted octanol–water partition coefficient (Wildman–Crippen LogP) is 18.7. The van der Waals surface area contributed by atoms with Gasteiger partial charge in [-0.15, -0.1) is 0 Å². The number of aromatic nitrogens is 8. The molecule has 8 nitrogen and oxygen atoms in total. The maximum atomic E-state index is 5.39. The van der Waals surface area contributed by atoms with E-state index in [-0.39, 0.29) is 0 Å². The number of para-hydroxylation sites is 6. The molecular weight excluding hydrogens is 1010 g/mol. The lowest BCUT2D eigenvalue weighted by atomic mass is 10.1. The van der Waals surface area contributed by atoms with E-state index in [1.807, 2.05) is 36.4 Å². The number of nitrogens with zero attached hydrogens (tertiary/aromatic N) is 8. The lowest BCUT2D eigenvalue weighted by Crippen LogP contribution is -2.06. The van der Waals surface area contributed by atoms with Gasteiger partial charge in [0.15, 0.2) is 11.6 Å². The van der Waals surface area contributed by atoms with Crippen LogP contribution in [0.25, 0.3) is 161 Å². The predicted molar refractivity (Wildman–Crippen MR) is 342 cm³/mol. The molecule has 12 aromatic carbocycles. The monoisotopic (exact) mass is 1060 g/mol. The second-order valence-electron chi connectivity index (χ2n) is 21.6. The lowest BCUT2D eigenvalue weighted by Gasteiger charge is -2.13. The summed E-state index contributed by atoms with van der Waals surface area (Å²) < 4.78 is 12.1. The molecule has 18 aromatic rings. The average molecular weight is 1060 g/mol. The Morgan fingerprint density at radius 3 is 0.831 bits per heavy atom. The fourth-order valence-corrected chi connectivity index (χ4v) is 13.6. The van der Waals surface area contributed by atoms with Crippen LogP contribution >= 0.6 is 0 Å². The van der Waals surface area contributed by atoms with E-state index in [4.69, 9.17) is 15.0 Å². The van der Waals surface area contributed by atoms with Gasteiger partial charge in [-0.05, 0) is 84.9 Å². The first-order chi connectivity index (χ1) is 41.2. The fraction of sp³-hybridized carbons (Fsp3) is 0. The van der Waals surface area contributed by atoms with Gasteiger partial charge in [-0.3, -0.25) is 4.57 Å². The van der Waals surface area contributed by atoms with Crippen molar-refractivity contribution in [1.29, 1.82) is 0 Å². The van der Waals surface area contributed by atoms with Gasteiger partial charge in [0.2, 0.25) is 5.95 Å². The van der Waals surface area contributed by atoms with Gasteiger partial charge in [0.1, 0.15) is 0 Å². The van der Waals surface area contributed by atoms with Crippen LogP contribution in [0.3, 0.4) is 0 Å². The van der Waals surface area contributed by atoms with Crippen molar-refractivity contribution in [1.82, 2.24) is 37.8 Å². The van der Waals surface area contributed by atoms with Crippen molar-refractivity contribution in [2.45, 2.75) is 0 Å². The highest BCUT2D eigenvalue weighted by Crippen LogP contribution is 2.46. The molecule has 0 aliphatic carbocycles. The van der Waals surface area contributed by atoms with Crippen LogP contribution in [0.4, 0.5) is 0 Å². The quantitative estimate of drug-likeness (QED) is 0.160. The molecule has 0 fully saturated rings. The second-order valence-corrected chi connectivity index (χ2v) is 21.6. The van der Waals surface area contributed by atoms with Crippen LogP contribution in [-0.2, 0) is 0 Å². The molecule has 8 heteroatoms. The highest BCUT2D eigenvalue weighted by atomic mass is 15.2. The van der Waals surface area contributed by atoms with E-state index in [2.05, 4.69) is 265 Å². The Bertz CT molecular complexity index is 5320. The molecule has 0 N–H and O–H groups in total. The Morgan fingerprint density at radius 2 is 0.482 bits per heavy atom. The van der Waals surface area contributed by atoms with E-state index < -0.39 is 0 Å². The Kier molecular flexibility index (Phi) is 9.64. The summed E-state index contributed by atoms with van der Waals surface area (Å²) in [5, 5.41) is 11.7. The van der Waals surface area contributed by atoms with Crippen molar-refractivity contribution in [3.05, 3.63) is 279 Å². The van der Waals surface area contributed by atoms with Crippen LogP contribution in [0.1, 0.15) is 0 Å². The number of rotatable bonds is 7. The molecule has 0 amide bonds. The Labute approximate surface area is 474 Å². The van der Waals surface area contributed by atoms with Crippen molar-refractivity contribution < 1.29 is 0 Å². The zero-order chi connectivity index (χ0) is 54.3. The second kappa shape index (κ2) is 17.6. The van der Waals surface area contributed by atoms with E-state index >= 15 is 0 Å². The first-order valence-corrected chi connectivity index (χ1v) is 28.2. The van der Waals surface area contributed by atoms with Crippen molar-refractivity contribution in [3.8, 4) is 51.5 Å². The molecule has 6 heterocycles. The zero-order valence-corrected chi connectivity index (χ0v) is 44.6. The number of hydrogen-bond acceptors (Lipinski definition) is 3. The summed E-state index contributed by atoms with van der Waals surface area (Å²) in [6.45, 7) is 0. The summed E-state index contributed by atoms with van der Waals surface area (Å²) in [7, 11) is 0. The first-order valence-electron chi connectivity index (χ1n) is 28.2.